The van der Waals surface area contributed by atoms with Gasteiger partial charge in [0, 0.05) is 42.9 Å². The van der Waals surface area contributed by atoms with Crippen molar-refractivity contribution in [2.24, 2.45) is 5.92 Å². The first-order valence-corrected chi connectivity index (χ1v) is 10.4. The molecule has 1 aromatic carbocycles. The van der Waals surface area contributed by atoms with Gasteiger partial charge in [-0.05, 0) is 19.4 Å². The van der Waals surface area contributed by atoms with Crippen LogP contribution < -0.4 is 10.7 Å². The van der Waals surface area contributed by atoms with Crippen molar-refractivity contribution in [1.82, 2.24) is 14.8 Å². The van der Waals surface area contributed by atoms with Gasteiger partial charge in [-0.25, -0.2) is 8.78 Å². The van der Waals surface area contributed by atoms with E-state index in [1.807, 2.05) is 6.92 Å². The average Bonchev–Trinajstić information content (AvgIpc) is 3.20. The fourth-order valence-corrected chi connectivity index (χ4v) is 4.89. The zero-order valence-electron chi connectivity index (χ0n) is 17.2. The minimum absolute atomic E-state index is 0.0380. The number of amides is 2. The standard InChI is InChI=1S/C22H21F2N3O5/c1-10-12-4-17(32-9-12)16-8-26(10)22(31)18-20(29)19(28)14(7-27(16)18)21(30)25-6-11-2-3-13(23)5-15(11)24/h2-3,5,7,10,12,16-17,29H,4,6,8-9H2,1H3,(H,25,30)/t10-,12+,16+,17+/m0/s1. The highest BCUT2D eigenvalue weighted by molar-refractivity contribution is 5.99. The van der Waals surface area contributed by atoms with E-state index < -0.39 is 34.6 Å². The highest BCUT2D eigenvalue weighted by Crippen LogP contribution is 2.41. The molecule has 0 unspecified atom stereocenters. The largest absolute Gasteiger partial charge is 0.503 e. The molecule has 4 atom stereocenters. The first-order valence-electron chi connectivity index (χ1n) is 10.4. The number of carbonyl (C=O) groups is 2. The molecule has 10 heteroatoms. The molecule has 1 aromatic heterocycles. The fourth-order valence-electron chi connectivity index (χ4n) is 4.89. The molecule has 0 spiro atoms. The van der Waals surface area contributed by atoms with Crippen LogP contribution in [-0.4, -0.2) is 51.7 Å². The van der Waals surface area contributed by atoms with E-state index in [9.17, 15) is 28.3 Å². The number of halogens is 2. The summed E-state index contributed by atoms with van der Waals surface area (Å²) in [7, 11) is 0. The molecule has 0 radical (unpaired) electrons. The van der Waals surface area contributed by atoms with Gasteiger partial charge < -0.3 is 24.6 Å². The van der Waals surface area contributed by atoms with Crippen molar-refractivity contribution in [3.8, 4) is 5.75 Å². The van der Waals surface area contributed by atoms with Crippen LogP contribution in [0.4, 0.5) is 8.78 Å². The van der Waals surface area contributed by atoms with Crippen LogP contribution in [0.3, 0.4) is 0 Å². The Balaban J connectivity index is 1.50. The zero-order valence-corrected chi connectivity index (χ0v) is 17.2. The second-order valence-corrected chi connectivity index (χ2v) is 8.53. The monoisotopic (exact) mass is 445 g/mol. The molecule has 2 aromatic rings. The average molecular weight is 445 g/mol. The van der Waals surface area contributed by atoms with Crippen molar-refractivity contribution in [1.29, 1.82) is 0 Å². The lowest BCUT2D eigenvalue weighted by atomic mass is 9.98. The summed E-state index contributed by atoms with van der Waals surface area (Å²) in [5, 5.41) is 13.0. The number of ether oxygens (including phenoxy) is 1. The number of nitrogens with one attached hydrogen (secondary N) is 1. The molecule has 2 fully saturated rings. The van der Waals surface area contributed by atoms with Crippen LogP contribution in [0.25, 0.3) is 0 Å². The quantitative estimate of drug-likeness (QED) is 0.747. The molecule has 8 nitrogen and oxygen atoms in total. The lowest BCUT2D eigenvalue weighted by Crippen LogP contribution is -2.51. The Morgan fingerprint density at radius 3 is 2.84 bits per heavy atom. The molecule has 3 aliphatic heterocycles. The van der Waals surface area contributed by atoms with Crippen LogP contribution in [0.15, 0.2) is 29.2 Å². The lowest BCUT2D eigenvalue weighted by molar-refractivity contribution is 0.00885. The number of fused-ring (bicyclic) bond motifs is 7. The van der Waals surface area contributed by atoms with Crippen molar-refractivity contribution in [2.45, 2.75) is 38.1 Å². The summed E-state index contributed by atoms with van der Waals surface area (Å²) in [6, 6.07) is 2.49. The Bertz CT molecular complexity index is 1200. The second kappa shape index (κ2) is 7.40. The number of pyridine rings is 1. The Kier molecular flexibility index (Phi) is 4.77. The summed E-state index contributed by atoms with van der Waals surface area (Å²) in [5.41, 5.74) is -1.48. The summed E-state index contributed by atoms with van der Waals surface area (Å²) < 4.78 is 34.3. The molecule has 2 amide bonds. The number of nitrogens with zero attached hydrogens (tertiary/aromatic N) is 2. The van der Waals surface area contributed by atoms with Crippen molar-refractivity contribution < 1.29 is 28.2 Å². The molecule has 2 N–H and O–H groups in total. The summed E-state index contributed by atoms with van der Waals surface area (Å²) >= 11 is 0. The number of hydrogen-bond donors (Lipinski definition) is 2. The highest BCUT2D eigenvalue weighted by atomic mass is 19.1. The third-order valence-electron chi connectivity index (χ3n) is 6.78. The van der Waals surface area contributed by atoms with E-state index >= 15 is 0 Å². The molecule has 32 heavy (non-hydrogen) atoms. The van der Waals surface area contributed by atoms with Crippen molar-refractivity contribution in [3.05, 3.63) is 63.1 Å². The Morgan fingerprint density at radius 1 is 1.31 bits per heavy atom. The molecule has 0 aliphatic carbocycles. The molecule has 168 valence electrons. The van der Waals surface area contributed by atoms with Gasteiger partial charge >= 0.3 is 0 Å². The van der Waals surface area contributed by atoms with Gasteiger partial charge in [0.05, 0.1) is 18.8 Å². The SMILES string of the molecule is C[C@H]1[C@H]2CO[C@H](C2)[C@H]2CN1C(=O)c1c(O)c(=O)c(C(=O)NCc3ccc(F)cc3F)cn12. The third-order valence-corrected chi connectivity index (χ3v) is 6.78. The first-order chi connectivity index (χ1) is 15.3. The van der Waals surface area contributed by atoms with Crippen LogP contribution >= 0.6 is 0 Å². The van der Waals surface area contributed by atoms with Gasteiger partial charge in [0.1, 0.15) is 17.2 Å². The highest BCUT2D eigenvalue weighted by Gasteiger charge is 2.48. The fraction of sp³-hybridized carbons (Fsp3) is 0.409. The number of aromatic nitrogens is 1. The van der Waals surface area contributed by atoms with Gasteiger partial charge in [0.15, 0.2) is 11.4 Å². The Labute approximate surface area is 181 Å². The molecule has 2 saturated heterocycles. The molecule has 0 saturated carbocycles. The van der Waals surface area contributed by atoms with Gasteiger partial charge in [0.2, 0.25) is 5.43 Å². The summed E-state index contributed by atoms with van der Waals surface area (Å²) in [5.74, 6) is -3.52. The number of hydrogen-bond acceptors (Lipinski definition) is 5. The minimum Gasteiger partial charge on any atom is -0.503 e. The summed E-state index contributed by atoms with van der Waals surface area (Å²) in [6.07, 6.45) is 1.78. The molecule has 3 aliphatic rings. The molecule has 5 rings (SSSR count). The normalized spacial score (nSPS) is 26.0. The maximum absolute atomic E-state index is 13.9. The first kappa shape index (κ1) is 20.6. The van der Waals surface area contributed by atoms with Crippen LogP contribution in [-0.2, 0) is 11.3 Å². The molecular formula is C22H21F2N3O5. The van der Waals surface area contributed by atoms with Crippen LogP contribution in [0, 0.1) is 17.6 Å². The van der Waals surface area contributed by atoms with Gasteiger partial charge in [-0.2, -0.15) is 0 Å². The number of aromatic hydroxyl groups is 1. The zero-order chi connectivity index (χ0) is 22.7. The van der Waals surface area contributed by atoms with Crippen LogP contribution in [0.2, 0.25) is 0 Å². The summed E-state index contributed by atoms with van der Waals surface area (Å²) in [6.45, 7) is 2.51. The van der Waals surface area contributed by atoms with E-state index in [-0.39, 0.29) is 47.5 Å². The second-order valence-electron chi connectivity index (χ2n) is 8.53. The van der Waals surface area contributed by atoms with Crippen molar-refractivity contribution in [3.63, 3.8) is 0 Å². The number of rotatable bonds is 3. The van der Waals surface area contributed by atoms with E-state index in [4.69, 9.17) is 4.74 Å². The smallest absolute Gasteiger partial charge is 0.274 e. The van der Waals surface area contributed by atoms with Gasteiger partial charge in [0.25, 0.3) is 11.8 Å². The number of benzene rings is 1. The molecule has 4 bridgehead atoms. The van der Waals surface area contributed by atoms with Crippen LogP contribution in [0.5, 0.6) is 5.75 Å². The van der Waals surface area contributed by atoms with E-state index in [1.165, 1.54) is 16.8 Å². The maximum atomic E-state index is 13.9. The predicted molar refractivity (Wildman–Crippen MR) is 107 cm³/mol. The maximum Gasteiger partial charge on any atom is 0.274 e. The van der Waals surface area contributed by atoms with E-state index in [0.29, 0.717) is 19.2 Å². The lowest BCUT2D eigenvalue weighted by Gasteiger charge is -2.41. The Morgan fingerprint density at radius 2 is 2.09 bits per heavy atom. The van der Waals surface area contributed by atoms with Crippen LogP contribution in [0.1, 0.15) is 45.8 Å². The van der Waals surface area contributed by atoms with E-state index in [2.05, 4.69) is 5.32 Å². The summed E-state index contributed by atoms with van der Waals surface area (Å²) in [4.78, 5) is 40.2. The number of carbonyl (C=O) groups excluding carboxylic acids is 2. The van der Waals surface area contributed by atoms with Gasteiger partial charge in [-0.1, -0.05) is 6.07 Å². The molecular weight excluding hydrogens is 424 g/mol. The predicted octanol–water partition coefficient (Wildman–Crippen LogP) is 1.57. The van der Waals surface area contributed by atoms with E-state index in [1.54, 1.807) is 4.90 Å². The van der Waals surface area contributed by atoms with E-state index in [0.717, 1.165) is 12.5 Å². The third kappa shape index (κ3) is 3.09. The van der Waals surface area contributed by atoms with Gasteiger partial charge in [-0.3, -0.25) is 14.4 Å². The topological polar surface area (TPSA) is 101 Å². The van der Waals surface area contributed by atoms with Crippen molar-refractivity contribution >= 4 is 11.8 Å². The Hall–Kier alpha value is -3.27. The van der Waals surface area contributed by atoms with Crippen molar-refractivity contribution in [2.75, 3.05) is 13.2 Å². The van der Waals surface area contributed by atoms with Gasteiger partial charge in [-0.15, -0.1) is 0 Å². The molecule has 4 heterocycles. The minimum atomic E-state index is -0.986.